The summed E-state index contributed by atoms with van der Waals surface area (Å²) in [4.78, 5) is 4.69. The zero-order chi connectivity index (χ0) is 21.1. The second kappa shape index (κ2) is 11.9. The minimum absolute atomic E-state index is 0.616. The van der Waals surface area contributed by atoms with Gasteiger partial charge in [0, 0.05) is 13.1 Å². The summed E-state index contributed by atoms with van der Waals surface area (Å²) in [5.74, 6) is 1.56. The van der Waals surface area contributed by atoms with E-state index < -0.39 is 0 Å². The minimum atomic E-state index is 0.616. The predicted octanol–water partition coefficient (Wildman–Crippen LogP) is 4.76. The van der Waals surface area contributed by atoms with Gasteiger partial charge in [0.25, 0.3) is 0 Å². The summed E-state index contributed by atoms with van der Waals surface area (Å²) in [7, 11) is 3.37. The molecule has 2 aromatic rings. The standard InChI is InChI=1S/C23H33N3O3/c1-6-7-12-28-21-14-18(2)22(19(3)15-21)11-9-8-10-13-29-23-16-20(17-24-27-5)26(4)25-23/h6-7,14-17H,8-13H2,1-5H3/b7-6+,24-17?. The summed E-state index contributed by atoms with van der Waals surface area (Å²) in [6.45, 7) is 7.61. The molecule has 0 saturated carbocycles. The van der Waals surface area contributed by atoms with Gasteiger partial charge in [0.05, 0.1) is 18.5 Å². The highest BCUT2D eigenvalue weighted by atomic mass is 16.6. The van der Waals surface area contributed by atoms with Crippen molar-refractivity contribution < 1.29 is 14.3 Å². The van der Waals surface area contributed by atoms with Gasteiger partial charge in [-0.1, -0.05) is 17.3 Å². The van der Waals surface area contributed by atoms with Crippen LogP contribution in [0.4, 0.5) is 0 Å². The summed E-state index contributed by atoms with van der Waals surface area (Å²) < 4.78 is 13.2. The maximum absolute atomic E-state index is 5.77. The van der Waals surface area contributed by atoms with Crippen LogP contribution in [0.1, 0.15) is 48.6 Å². The molecule has 0 bridgehead atoms. The van der Waals surface area contributed by atoms with Crippen molar-refractivity contribution in [3.63, 3.8) is 0 Å². The zero-order valence-electron chi connectivity index (χ0n) is 18.3. The molecule has 0 unspecified atom stereocenters. The quantitative estimate of drug-likeness (QED) is 0.223. The molecule has 1 aromatic carbocycles. The molecule has 6 nitrogen and oxygen atoms in total. The van der Waals surface area contributed by atoms with Crippen molar-refractivity contribution in [3.05, 3.63) is 52.7 Å². The fourth-order valence-electron chi connectivity index (χ4n) is 3.18. The second-order valence-corrected chi connectivity index (χ2v) is 7.02. The molecule has 0 atom stereocenters. The van der Waals surface area contributed by atoms with Gasteiger partial charge in [-0.05, 0) is 75.3 Å². The number of nitrogens with zero attached hydrogens (tertiary/aromatic N) is 3. The van der Waals surface area contributed by atoms with Crippen molar-refractivity contribution in [2.24, 2.45) is 12.2 Å². The van der Waals surface area contributed by atoms with Crippen LogP contribution in [0.2, 0.25) is 0 Å². The normalized spacial score (nSPS) is 11.5. The Balaban J connectivity index is 1.73. The van der Waals surface area contributed by atoms with Crippen molar-refractivity contribution in [1.29, 1.82) is 0 Å². The molecule has 0 N–H and O–H groups in total. The molecule has 0 radical (unpaired) electrons. The van der Waals surface area contributed by atoms with Crippen LogP contribution in [0.25, 0.3) is 0 Å². The van der Waals surface area contributed by atoms with E-state index in [0.717, 1.165) is 37.1 Å². The van der Waals surface area contributed by atoms with Crippen molar-refractivity contribution in [2.75, 3.05) is 20.3 Å². The van der Waals surface area contributed by atoms with Gasteiger partial charge in [-0.25, -0.2) is 0 Å². The minimum Gasteiger partial charge on any atom is -0.490 e. The van der Waals surface area contributed by atoms with E-state index in [1.165, 1.54) is 23.8 Å². The number of benzene rings is 1. The summed E-state index contributed by atoms with van der Waals surface area (Å²) >= 11 is 0. The lowest BCUT2D eigenvalue weighted by atomic mass is 9.97. The Bertz CT molecular complexity index is 802. The van der Waals surface area contributed by atoms with Gasteiger partial charge in [-0.15, -0.1) is 5.10 Å². The molecule has 6 heteroatoms. The van der Waals surface area contributed by atoms with E-state index in [0.29, 0.717) is 19.1 Å². The van der Waals surface area contributed by atoms with E-state index in [2.05, 4.69) is 36.2 Å². The number of ether oxygens (including phenoxy) is 2. The van der Waals surface area contributed by atoms with Gasteiger partial charge in [0.2, 0.25) is 5.88 Å². The molecule has 0 aliphatic carbocycles. The smallest absolute Gasteiger partial charge is 0.233 e. The molecular formula is C23H33N3O3. The average Bonchev–Trinajstić information content (AvgIpc) is 3.04. The molecular weight excluding hydrogens is 366 g/mol. The topological polar surface area (TPSA) is 57.9 Å². The molecule has 0 amide bonds. The maximum atomic E-state index is 5.77. The number of allylic oxidation sites excluding steroid dienone is 1. The van der Waals surface area contributed by atoms with Crippen molar-refractivity contribution in [2.45, 2.75) is 46.5 Å². The molecule has 2 rings (SSSR count). The molecule has 0 fully saturated rings. The number of hydrogen-bond acceptors (Lipinski definition) is 5. The first kappa shape index (κ1) is 22.5. The number of aromatic nitrogens is 2. The Kier molecular flexibility index (Phi) is 9.28. The van der Waals surface area contributed by atoms with Crippen LogP contribution < -0.4 is 9.47 Å². The van der Waals surface area contributed by atoms with Crippen LogP contribution in [-0.2, 0) is 18.3 Å². The predicted molar refractivity (Wildman–Crippen MR) is 117 cm³/mol. The molecule has 0 spiro atoms. The first-order valence-electron chi connectivity index (χ1n) is 10.1. The first-order chi connectivity index (χ1) is 14.0. The lowest BCUT2D eigenvalue weighted by molar-refractivity contribution is 0.215. The highest BCUT2D eigenvalue weighted by Crippen LogP contribution is 2.24. The monoisotopic (exact) mass is 399 g/mol. The van der Waals surface area contributed by atoms with Crippen molar-refractivity contribution in [1.82, 2.24) is 9.78 Å². The number of rotatable bonds is 12. The Morgan fingerprint density at radius 3 is 2.52 bits per heavy atom. The van der Waals surface area contributed by atoms with Crippen LogP contribution in [-0.4, -0.2) is 36.3 Å². The molecule has 0 aliphatic heterocycles. The molecule has 29 heavy (non-hydrogen) atoms. The van der Waals surface area contributed by atoms with Crippen LogP contribution in [0.3, 0.4) is 0 Å². The molecule has 0 saturated heterocycles. The van der Waals surface area contributed by atoms with Gasteiger partial charge in [0.15, 0.2) is 0 Å². The Hall–Kier alpha value is -2.76. The van der Waals surface area contributed by atoms with Gasteiger partial charge in [-0.3, -0.25) is 4.68 Å². The van der Waals surface area contributed by atoms with E-state index >= 15 is 0 Å². The highest BCUT2D eigenvalue weighted by molar-refractivity contribution is 5.77. The third-order valence-corrected chi connectivity index (χ3v) is 4.76. The fourth-order valence-corrected chi connectivity index (χ4v) is 3.18. The summed E-state index contributed by atoms with van der Waals surface area (Å²) in [6, 6.07) is 6.14. The summed E-state index contributed by atoms with van der Waals surface area (Å²) in [5, 5.41) is 8.07. The average molecular weight is 400 g/mol. The van der Waals surface area contributed by atoms with E-state index in [4.69, 9.17) is 14.3 Å². The third kappa shape index (κ3) is 7.29. The van der Waals surface area contributed by atoms with Crippen LogP contribution in [0, 0.1) is 13.8 Å². The van der Waals surface area contributed by atoms with Gasteiger partial charge in [0.1, 0.15) is 19.5 Å². The Labute approximate surface area is 174 Å². The summed E-state index contributed by atoms with van der Waals surface area (Å²) in [5.41, 5.74) is 4.87. The number of oxime groups is 1. The van der Waals surface area contributed by atoms with Crippen LogP contribution in [0.15, 0.2) is 35.5 Å². The summed E-state index contributed by atoms with van der Waals surface area (Å²) in [6.07, 6.45) is 9.96. The first-order valence-corrected chi connectivity index (χ1v) is 10.1. The van der Waals surface area contributed by atoms with E-state index in [-0.39, 0.29) is 0 Å². The molecule has 158 valence electrons. The lowest BCUT2D eigenvalue weighted by Gasteiger charge is -2.13. The van der Waals surface area contributed by atoms with Gasteiger partial charge >= 0.3 is 0 Å². The van der Waals surface area contributed by atoms with E-state index in [9.17, 15) is 0 Å². The van der Waals surface area contributed by atoms with Crippen molar-refractivity contribution >= 4 is 6.21 Å². The van der Waals surface area contributed by atoms with Crippen LogP contribution >= 0.6 is 0 Å². The largest absolute Gasteiger partial charge is 0.490 e. The van der Waals surface area contributed by atoms with Crippen LogP contribution in [0.5, 0.6) is 11.6 Å². The third-order valence-electron chi connectivity index (χ3n) is 4.76. The SMILES string of the molecule is C/C=C/COc1cc(C)c(CCCCCOc2cc(C=NOC)n(C)n2)c(C)c1. The van der Waals surface area contributed by atoms with E-state index in [1.54, 1.807) is 10.9 Å². The highest BCUT2D eigenvalue weighted by Gasteiger charge is 2.07. The Morgan fingerprint density at radius 2 is 1.83 bits per heavy atom. The molecule has 0 aliphatic rings. The van der Waals surface area contributed by atoms with E-state index in [1.807, 2.05) is 32.2 Å². The molecule has 1 aromatic heterocycles. The maximum Gasteiger partial charge on any atom is 0.233 e. The fraction of sp³-hybridized carbons (Fsp3) is 0.478. The second-order valence-electron chi connectivity index (χ2n) is 7.02. The van der Waals surface area contributed by atoms with Crippen molar-refractivity contribution in [3.8, 4) is 11.6 Å². The molecule has 1 heterocycles. The number of unbranched alkanes of at least 4 members (excludes halogenated alkanes) is 2. The number of aryl methyl sites for hydroxylation is 3. The lowest BCUT2D eigenvalue weighted by Crippen LogP contribution is -2.01. The number of hydrogen-bond donors (Lipinski definition) is 0. The Morgan fingerprint density at radius 1 is 1.07 bits per heavy atom. The zero-order valence-corrected chi connectivity index (χ0v) is 18.3. The van der Waals surface area contributed by atoms with Gasteiger partial charge < -0.3 is 14.3 Å². The van der Waals surface area contributed by atoms with Gasteiger partial charge in [-0.2, -0.15) is 0 Å².